The standard InChI is InChI=1S/C29H25N3O3S/c1-19-12-13-24(20(2)14-19)30-27(33)18-32-28(34)26(36-29(32)35)15-22-17-31(16-21-8-4-3-5-9-21)25-11-7-6-10-23(22)25/h3-15,17H,16,18H2,1-2H3,(H,30,33)/b26-15-. The van der Waals surface area contributed by atoms with Crippen LogP contribution in [-0.2, 0) is 16.1 Å². The lowest BCUT2D eigenvalue weighted by molar-refractivity contribution is -0.127. The van der Waals surface area contributed by atoms with Crippen LogP contribution in [0, 0.1) is 13.8 Å². The monoisotopic (exact) mass is 495 g/mol. The zero-order valence-electron chi connectivity index (χ0n) is 20.0. The number of aromatic nitrogens is 1. The molecule has 3 aromatic carbocycles. The van der Waals surface area contributed by atoms with Gasteiger partial charge in [-0.3, -0.25) is 19.3 Å². The van der Waals surface area contributed by atoms with E-state index >= 15 is 0 Å². The summed E-state index contributed by atoms with van der Waals surface area (Å²) in [4.78, 5) is 39.6. The maximum atomic E-state index is 13.1. The molecule has 1 saturated heterocycles. The molecule has 0 radical (unpaired) electrons. The predicted molar refractivity (Wildman–Crippen MR) is 145 cm³/mol. The number of hydrogen-bond acceptors (Lipinski definition) is 4. The molecule has 36 heavy (non-hydrogen) atoms. The topological polar surface area (TPSA) is 71.4 Å². The molecule has 1 aliphatic heterocycles. The van der Waals surface area contributed by atoms with E-state index in [1.165, 1.54) is 5.56 Å². The summed E-state index contributed by atoms with van der Waals surface area (Å²) in [6.07, 6.45) is 3.75. The molecule has 6 nitrogen and oxygen atoms in total. The Morgan fingerprint density at radius 3 is 2.50 bits per heavy atom. The number of carbonyl (C=O) groups is 3. The summed E-state index contributed by atoms with van der Waals surface area (Å²) >= 11 is 0.861. The van der Waals surface area contributed by atoms with Gasteiger partial charge >= 0.3 is 0 Å². The first-order valence-corrected chi connectivity index (χ1v) is 12.4. The fraction of sp³-hybridized carbons (Fsp3) is 0.138. The molecule has 180 valence electrons. The van der Waals surface area contributed by atoms with Crippen LogP contribution >= 0.6 is 11.8 Å². The molecule has 0 unspecified atom stereocenters. The number of thioether (sulfide) groups is 1. The Kier molecular flexibility index (Phi) is 6.48. The highest BCUT2D eigenvalue weighted by molar-refractivity contribution is 8.18. The van der Waals surface area contributed by atoms with Crippen LogP contribution in [0.2, 0.25) is 0 Å². The van der Waals surface area contributed by atoms with Crippen molar-refractivity contribution in [2.24, 2.45) is 0 Å². The van der Waals surface area contributed by atoms with Gasteiger partial charge in [0.2, 0.25) is 5.91 Å². The van der Waals surface area contributed by atoms with Crippen LogP contribution in [0.5, 0.6) is 0 Å². The van der Waals surface area contributed by atoms with Gasteiger partial charge in [-0.05, 0) is 54.9 Å². The van der Waals surface area contributed by atoms with E-state index in [2.05, 4.69) is 22.0 Å². The third kappa shape index (κ3) is 4.83. The van der Waals surface area contributed by atoms with E-state index in [4.69, 9.17) is 0 Å². The molecule has 0 bridgehead atoms. The minimum absolute atomic E-state index is 0.307. The number of rotatable bonds is 6. The van der Waals surface area contributed by atoms with Crippen LogP contribution in [0.1, 0.15) is 22.3 Å². The average molecular weight is 496 g/mol. The average Bonchev–Trinajstić information content (AvgIpc) is 3.33. The second kappa shape index (κ2) is 9.87. The van der Waals surface area contributed by atoms with E-state index in [9.17, 15) is 14.4 Å². The normalized spacial score (nSPS) is 14.7. The summed E-state index contributed by atoms with van der Waals surface area (Å²) in [6.45, 7) is 4.24. The highest BCUT2D eigenvalue weighted by atomic mass is 32.2. The van der Waals surface area contributed by atoms with Crippen molar-refractivity contribution in [2.45, 2.75) is 20.4 Å². The van der Waals surface area contributed by atoms with E-state index in [-0.39, 0.29) is 6.54 Å². The molecule has 4 aromatic rings. The zero-order valence-corrected chi connectivity index (χ0v) is 20.8. The lowest BCUT2D eigenvalue weighted by Gasteiger charge is -2.13. The fourth-order valence-electron chi connectivity index (χ4n) is 4.37. The van der Waals surface area contributed by atoms with Crippen LogP contribution in [0.3, 0.4) is 0 Å². The highest BCUT2D eigenvalue weighted by Gasteiger charge is 2.36. The van der Waals surface area contributed by atoms with Crippen LogP contribution in [-0.4, -0.2) is 33.1 Å². The van der Waals surface area contributed by atoms with E-state index < -0.39 is 17.1 Å². The van der Waals surface area contributed by atoms with Crippen LogP contribution in [0.15, 0.2) is 83.9 Å². The molecule has 5 rings (SSSR count). The SMILES string of the molecule is Cc1ccc(NC(=O)CN2C(=O)S/C(=C\c3cn(Cc4ccccc4)c4ccccc34)C2=O)c(C)c1. The van der Waals surface area contributed by atoms with Crippen molar-refractivity contribution < 1.29 is 14.4 Å². The Bertz CT molecular complexity index is 1520. The van der Waals surface area contributed by atoms with Gasteiger partial charge in [0.05, 0.1) is 4.91 Å². The van der Waals surface area contributed by atoms with Crippen molar-refractivity contribution in [3.05, 3.63) is 106 Å². The number of aryl methyl sites for hydroxylation is 2. The molecule has 2 heterocycles. The Morgan fingerprint density at radius 2 is 1.72 bits per heavy atom. The molecule has 1 fully saturated rings. The van der Waals surface area contributed by atoms with Gasteiger partial charge in [0.1, 0.15) is 6.54 Å². The number of anilines is 1. The molecule has 0 atom stereocenters. The predicted octanol–water partition coefficient (Wildman–Crippen LogP) is 5.98. The summed E-state index contributed by atoms with van der Waals surface area (Å²) in [6, 6.07) is 23.8. The summed E-state index contributed by atoms with van der Waals surface area (Å²) in [5.74, 6) is -0.870. The number of benzene rings is 3. The van der Waals surface area contributed by atoms with Crippen LogP contribution in [0.25, 0.3) is 17.0 Å². The number of carbonyl (C=O) groups excluding carboxylic acids is 3. The summed E-state index contributed by atoms with van der Waals surface area (Å²) < 4.78 is 2.14. The van der Waals surface area contributed by atoms with Gasteiger partial charge in [0.15, 0.2) is 0 Å². The minimum Gasteiger partial charge on any atom is -0.342 e. The van der Waals surface area contributed by atoms with Crippen molar-refractivity contribution in [3.8, 4) is 0 Å². The van der Waals surface area contributed by atoms with Gasteiger partial charge in [-0.25, -0.2) is 0 Å². The van der Waals surface area contributed by atoms with Gasteiger partial charge in [-0.2, -0.15) is 0 Å². The number of fused-ring (bicyclic) bond motifs is 1. The number of para-hydroxylation sites is 1. The van der Waals surface area contributed by atoms with Crippen molar-refractivity contribution in [1.82, 2.24) is 9.47 Å². The first-order valence-electron chi connectivity index (χ1n) is 11.6. The molecule has 0 aliphatic carbocycles. The highest BCUT2D eigenvalue weighted by Crippen LogP contribution is 2.34. The van der Waals surface area contributed by atoms with Crippen molar-refractivity contribution in [1.29, 1.82) is 0 Å². The third-order valence-corrected chi connectivity index (χ3v) is 7.04. The molecular formula is C29H25N3O3S. The van der Waals surface area contributed by atoms with Crippen molar-refractivity contribution >= 4 is 51.5 Å². The third-order valence-electron chi connectivity index (χ3n) is 6.13. The molecule has 3 amide bonds. The summed E-state index contributed by atoms with van der Waals surface area (Å²) in [7, 11) is 0. The summed E-state index contributed by atoms with van der Waals surface area (Å²) in [5, 5.41) is 3.35. The van der Waals surface area contributed by atoms with Crippen LogP contribution < -0.4 is 5.32 Å². The van der Waals surface area contributed by atoms with Crippen LogP contribution in [0.4, 0.5) is 10.5 Å². The van der Waals surface area contributed by atoms with Gasteiger partial charge in [-0.15, -0.1) is 0 Å². The number of imide groups is 1. The smallest absolute Gasteiger partial charge is 0.294 e. The van der Waals surface area contributed by atoms with Gasteiger partial charge in [-0.1, -0.05) is 66.2 Å². The van der Waals surface area contributed by atoms with E-state index in [0.29, 0.717) is 17.1 Å². The van der Waals surface area contributed by atoms with E-state index in [1.807, 2.05) is 80.7 Å². The second-order valence-corrected chi connectivity index (χ2v) is 9.84. The molecule has 1 aliphatic rings. The molecule has 7 heteroatoms. The molecular weight excluding hydrogens is 470 g/mol. The maximum absolute atomic E-state index is 13.1. The Labute approximate surface area is 213 Å². The molecule has 1 N–H and O–H groups in total. The maximum Gasteiger partial charge on any atom is 0.294 e. The Hall–Kier alpha value is -4.10. The summed E-state index contributed by atoms with van der Waals surface area (Å²) in [5.41, 5.74) is 5.74. The van der Waals surface area contributed by atoms with Gasteiger partial charge in [0, 0.05) is 34.9 Å². The van der Waals surface area contributed by atoms with Crippen molar-refractivity contribution in [3.63, 3.8) is 0 Å². The molecule has 1 aromatic heterocycles. The first kappa shape index (κ1) is 23.6. The lowest BCUT2D eigenvalue weighted by atomic mass is 10.1. The largest absolute Gasteiger partial charge is 0.342 e. The fourth-order valence-corrected chi connectivity index (χ4v) is 5.20. The van der Waals surface area contributed by atoms with Gasteiger partial charge in [0.25, 0.3) is 11.1 Å². The number of nitrogens with zero attached hydrogens (tertiary/aromatic N) is 2. The van der Waals surface area contributed by atoms with E-state index in [1.54, 1.807) is 6.08 Å². The molecule has 0 saturated carbocycles. The Balaban J connectivity index is 1.37. The lowest BCUT2D eigenvalue weighted by Crippen LogP contribution is -2.36. The minimum atomic E-state index is -0.458. The number of hydrogen-bond donors (Lipinski definition) is 1. The Morgan fingerprint density at radius 1 is 0.972 bits per heavy atom. The van der Waals surface area contributed by atoms with Gasteiger partial charge < -0.3 is 9.88 Å². The second-order valence-electron chi connectivity index (χ2n) is 8.85. The number of amides is 3. The van der Waals surface area contributed by atoms with Crippen molar-refractivity contribution in [2.75, 3.05) is 11.9 Å². The molecule has 0 spiro atoms. The quantitative estimate of drug-likeness (QED) is 0.334. The van der Waals surface area contributed by atoms with E-state index in [0.717, 1.165) is 44.3 Å². The zero-order chi connectivity index (χ0) is 25.2. The number of nitrogens with one attached hydrogen (secondary N) is 1. The first-order chi connectivity index (χ1) is 17.4.